The molecule has 0 saturated heterocycles. The van der Waals surface area contributed by atoms with Crippen LogP contribution in [0.15, 0.2) is 12.1 Å². The number of nitrogens with zero attached hydrogens (tertiary/aromatic N) is 2. The summed E-state index contributed by atoms with van der Waals surface area (Å²) < 4.78 is 5.03. The summed E-state index contributed by atoms with van der Waals surface area (Å²) in [5, 5.41) is 21.7. The van der Waals surface area contributed by atoms with Gasteiger partial charge in [0.15, 0.2) is 0 Å². The Kier molecular flexibility index (Phi) is 4.19. The van der Waals surface area contributed by atoms with Gasteiger partial charge in [-0.3, -0.25) is 20.2 Å². The Morgan fingerprint density at radius 3 is 2.28 bits per heavy atom. The average Bonchev–Trinajstić information content (AvgIpc) is 2.35. The van der Waals surface area contributed by atoms with Crippen LogP contribution in [0.3, 0.4) is 0 Å². The highest BCUT2D eigenvalue weighted by Gasteiger charge is 2.26. The number of benzene rings is 1. The van der Waals surface area contributed by atoms with Gasteiger partial charge >= 0.3 is 5.69 Å². The maximum Gasteiger partial charge on any atom is 0.318 e. The van der Waals surface area contributed by atoms with Crippen LogP contribution in [0.2, 0.25) is 0 Å². The molecule has 0 spiro atoms. The third-order valence-electron chi connectivity index (χ3n) is 2.84. The number of rotatable bonds is 5. The van der Waals surface area contributed by atoms with Crippen molar-refractivity contribution < 1.29 is 14.6 Å². The first kappa shape index (κ1) is 13.9. The summed E-state index contributed by atoms with van der Waals surface area (Å²) in [6.07, 6.45) is 0.703. The van der Waals surface area contributed by atoms with E-state index in [9.17, 15) is 20.2 Å². The van der Waals surface area contributed by atoms with Crippen LogP contribution >= 0.6 is 0 Å². The van der Waals surface area contributed by atoms with E-state index in [1.165, 1.54) is 13.2 Å². The summed E-state index contributed by atoms with van der Waals surface area (Å²) in [5.74, 6) is 0.0403. The van der Waals surface area contributed by atoms with Crippen molar-refractivity contribution in [2.24, 2.45) is 0 Å². The van der Waals surface area contributed by atoms with Crippen molar-refractivity contribution >= 4 is 11.4 Å². The molecule has 0 bridgehead atoms. The fraction of sp³-hybridized carbons (Fsp3) is 0.455. The highest BCUT2D eigenvalue weighted by Crippen LogP contribution is 2.39. The molecule has 0 aliphatic rings. The number of non-ortho nitro benzene ring substituents is 1. The smallest absolute Gasteiger partial charge is 0.318 e. The lowest BCUT2D eigenvalue weighted by atomic mass is 9.96. The zero-order valence-electron chi connectivity index (χ0n) is 10.4. The van der Waals surface area contributed by atoms with Crippen LogP contribution in [-0.2, 0) is 0 Å². The topological polar surface area (TPSA) is 95.5 Å². The summed E-state index contributed by atoms with van der Waals surface area (Å²) in [6.45, 7) is 3.74. The average molecular weight is 254 g/mol. The van der Waals surface area contributed by atoms with Gasteiger partial charge in [0.1, 0.15) is 0 Å². The minimum Gasteiger partial charge on any atom is -0.490 e. The zero-order valence-corrected chi connectivity index (χ0v) is 10.4. The molecule has 0 aromatic heterocycles. The second kappa shape index (κ2) is 5.44. The third-order valence-corrected chi connectivity index (χ3v) is 2.84. The molecule has 1 aromatic rings. The molecule has 98 valence electrons. The van der Waals surface area contributed by atoms with E-state index in [2.05, 4.69) is 0 Å². The Bertz CT molecular complexity index is 487. The molecule has 0 unspecified atom stereocenters. The van der Waals surface area contributed by atoms with Gasteiger partial charge in [-0.05, 0) is 12.3 Å². The Morgan fingerprint density at radius 2 is 1.89 bits per heavy atom. The van der Waals surface area contributed by atoms with Gasteiger partial charge in [0.05, 0.1) is 23.0 Å². The van der Waals surface area contributed by atoms with Crippen molar-refractivity contribution in [2.45, 2.75) is 26.2 Å². The van der Waals surface area contributed by atoms with Gasteiger partial charge in [0, 0.05) is 11.6 Å². The van der Waals surface area contributed by atoms with Gasteiger partial charge in [0.25, 0.3) is 5.69 Å². The molecule has 1 aromatic carbocycles. The summed E-state index contributed by atoms with van der Waals surface area (Å²) in [5.41, 5.74) is -0.180. The van der Waals surface area contributed by atoms with Crippen molar-refractivity contribution in [1.29, 1.82) is 0 Å². The quantitative estimate of drug-likeness (QED) is 0.594. The Hall–Kier alpha value is -2.18. The molecule has 0 fully saturated rings. The van der Waals surface area contributed by atoms with E-state index >= 15 is 0 Å². The van der Waals surface area contributed by atoms with Gasteiger partial charge < -0.3 is 4.74 Å². The van der Waals surface area contributed by atoms with E-state index in [0.717, 1.165) is 6.07 Å². The van der Waals surface area contributed by atoms with E-state index in [0.29, 0.717) is 12.0 Å². The van der Waals surface area contributed by atoms with E-state index in [1.807, 2.05) is 13.8 Å². The molecule has 1 rings (SSSR count). The molecule has 7 nitrogen and oxygen atoms in total. The molecule has 0 heterocycles. The SMILES string of the molecule is CC[C@@H](C)c1cc([N+](=O)[O-])cc([N+](=O)[O-])c1OC. The summed E-state index contributed by atoms with van der Waals surface area (Å²) in [7, 11) is 1.32. The lowest BCUT2D eigenvalue weighted by Crippen LogP contribution is -2.03. The molecule has 0 saturated carbocycles. The summed E-state index contributed by atoms with van der Waals surface area (Å²) >= 11 is 0. The number of methoxy groups -OCH3 is 1. The summed E-state index contributed by atoms with van der Waals surface area (Å²) in [4.78, 5) is 20.4. The molecule has 0 aliphatic carbocycles. The Morgan fingerprint density at radius 1 is 1.28 bits per heavy atom. The van der Waals surface area contributed by atoms with E-state index in [-0.39, 0.29) is 23.0 Å². The van der Waals surface area contributed by atoms with E-state index in [4.69, 9.17) is 4.74 Å². The Balaban J connectivity index is 3.55. The van der Waals surface area contributed by atoms with Gasteiger partial charge in [-0.2, -0.15) is 0 Å². The fourth-order valence-electron chi connectivity index (χ4n) is 1.67. The zero-order chi connectivity index (χ0) is 13.9. The molecule has 0 amide bonds. The van der Waals surface area contributed by atoms with Crippen LogP contribution in [0.1, 0.15) is 31.7 Å². The maximum atomic E-state index is 10.9. The molecular weight excluding hydrogens is 240 g/mol. The van der Waals surface area contributed by atoms with Crippen molar-refractivity contribution in [2.75, 3.05) is 7.11 Å². The lowest BCUT2D eigenvalue weighted by molar-refractivity contribution is -0.394. The molecule has 18 heavy (non-hydrogen) atoms. The van der Waals surface area contributed by atoms with Gasteiger partial charge in [-0.25, -0.2) is 0 Å². The van der Waals surface area contributed by atoms with Crippen LogP contribution < -0.4 is 4.74 Å². The molecule has 0 N–H and O–H groups in total. The fourth-order valence-corrected chi connectivity index (χ4v) is 1.67. The lowest BCUT2D eigenvalue weighted by Gasteiger charge is -2.13. The van der Waals surface area contributed by atoms with Gasteiger partial charge in [0.2, 0.25) is 5.75 Å². The maximum absolute atomic E-state index is 10.9. The monoisotopic (exact) mass is 254 g/mol. The molecule has 0 radical (unpaired) electrons. The van der Waals surface area contributed by atoms with Crippen molar-refractivity contribution in [3.63, 3.8) is 0 Å². The summed E-state index contributed by atoms with van der Waals surface area (Å²) in [6, 6.07) is 2.25. The van der Waals surface area contributed by atoms with Gasteiger partial charge in [-0.1, -0.05) is 13.8 Å². The minimum atomic E-state index is -0.669. The first-order valence-corrected chi connectivity index (χ1v) is 5.43. The normalized spacial score (nSPS) is 11.9. The van der Waals surface area contributed by atoms with Crippen LogP contribution in [-0.4, -0.2) is 17.0 Å². The first-order chi connectivity index (χ1) is 8.42. The molecule has 0 aliphatic heterocycles. The number of nitro benzene ring substituents is 2. The molecule has 7 heteroatoms. The second-order valence-corrected chi connectivity index (χ2v) is 3.91. The highest BCUT2D eigenvalue weighted by atomic mass is 16.6. The largest absolute Gasteiger partial charge is 0.490 e. The van der Waals surface area contributed by atoms with Crippen LogP contribution in [0, 0.1) is 20.2 Å². The molecular formula is C11H14N2O5. The predicted octanol–water partition coefficient (Wildman–Crippen LogP) is 3.03. The number of hydrogen-bond acceptors (Lipinski definition) is 5. The van der Waals surface area contributed by atoms with Crippen LogP contribution in [0.4, 0.5) is 11.4 Å². The third kappa shape index (κ3) is 2.55. The number of ether oxygens (including phenoxy) is 1. The standard InChI is InChI=1S/C11H14N2O5/c1-4-7(2)9-5-8(12(14)15)6-10(13(16)17)11(9)18-3/h5-7H,4H2,1-3H3/t7-/m1/s1. The second-order valence-electron chi connectivity index (χ2n) is 3.91. The van der Waals surface area contributed by atoms with Crippen LogP contribution in [0.5, 0.6) is 5.75 Å². The van der Waals surface area contributed by atoms with Crippen molar-refractivity contribution in [1.82, 2.24) is 0 Å². The minimum absolute atomic E-state index is 0.0569. The van der Waals surface area contributed by atoms with E-state index in [1.54, 1.807) is 0 Å². The molecule has 1 atom stereocenters. The van der Waals surface area contributed by atoms with Crippen LogP contribution in [0.25, 0.3) is 0 Å². The van der Waals surface area contributed by atoms with Crippen molar-refractivity contribution in [3.05, 3.63) is 37.9 Å². The predicted molar refractivity (Wildman–Crippen MR) is 65.0 cm³/mol. The van der Waals surface area contributed by atoms with Crippen molar-refractivity contribution in [3.8, 4) is 5.75 Å². The number of nitro groups is 2. The van der Waals surface area contributed by atoms with Gasteiger partial charge in [-0.15, -0.1) is 0 Å². The highest BCUT2D eigenvalue weighted by molar-refractivity contribution is 5.59. The number of hydrogen-bond donors (Lipinski definition) is 0. The Labute approximate surface area is 104 Å². The first-order valence-electron chi connectivity index (χ1n) is 5.43. The van der Waals surface area contributed by atoms with E-state index < -0.39 is 9.85 Å².